The van der Waals surface area contributed by atoms with Gasteiger partial charge in [0.15, 0.2) is 11.0 Å². The first-order valence-corrected chi connectivity index (χ1v) is 6.70. The number of nitrogens with one attached hydrogen (secondary N) is 1. The minimum atomic E-state index is -0.253. The highest BCUT2D eigenvalue weighted by Gasteiger charge is 2.18. The van der Waals surface area contributed by atoms with E-state index in [9.17, 15) is 0 Å². The molecule has 4 nitrogen and oxygen atoms in total. The van der Waals surface area contributed by atoms with E-state index in [2.05, 4.69) is 15.5 Å². The van der Waals surface area contributed by atoms with Crippen LogP contribution in [0.5, 0.6) is 0 Å². The number of hydrogen-bond acceptors (Lipinski definition) is 4. The number of nitrogens with zero attached hydrogens (tertiary/aromatic N) is 2. The smallest absolute Gasteiger partial charge is 0.159 e. The number of halogens is 1. The summed E-state index contributed by atoms with van der Waals surface area (Å²) in [4.78, 5) is 0. The summed E-state index contributed by atoms with van der Waals surface area (Å²) in [6.07, 6.45) is 0. The van der Waals surface area contributed by atoms with Gasteiger partial charge in [-0.3, -0.25) is 0 Å². The predicted molar refractivity (Wildman–Crippen MR) is 78.7 cm³/mol. The summed E-state index contributed by atoms with van der Waals surface area (Å²) >= 11 is 6.04. The Morgan fingerprint density at radius 3 is 2.58 bits per heavy atom. The summed E-state index contributed by atoms with van der Waals surface area (Å²) in [5.41, 5.74) is -0.253. The lowest BCUT2D eigenvalue weighted by atomic mass is 10.1. The van der Waals surface area contributed by atoms with Crippen molar-refractivity contribution in [2.24, 2.45) is 0 Å². The van der Waals surface area contributed by atoms with Gasteiger partial charge in [-0.05, 0) is 20.8 Å². The molecule has 1 N–H and O–H groups in total. The lowest BCUT2D eigenvalue weighted by molar-refractivity contribution is 0.000655. The van der Waals surface area contributed by atoms with Crippen molar-refractivity contribution in [3.8, 4) is 0 Å². The molecule has 2 rings (SSSR count). The zero-order chi connectivity index (χ0) is 13.9. The predicted octanol–water partition coefficient (Wildman–Crippen LogP) is 3.51. The topological polar surface area (TPSA) is 47.0 Å². The standard InChI is InChI=1S/C14H18ClN3O/c1-4-19-14(2,3)9-16-13-11-8-6-5-7-10(11)12(15)17-18-13/h5-8H,4,9H2,1-3H3,(H,16,18). The van der Waals surface area contributed by atoms with E-state index >= 15 is 0 Å². The molecule has 0 saturated carbocycles. The molecule has 5 heteroatoms. The molecule has 0 unspecified atom stereocenters. The van der Waals surface area contributed by atoms with E-state index in [1.54, 1.807) is 0 Å². The molecule has 0 aliphatic rings. The largest absolute Gasteiger partial charge is 0.374 e. The Kier molecular flexibility index (Phi) is 4.22. The van der Waals surface area contributed by atoms with Crippen LogP contribution in [-0.2, 0) is 4.74 Å². The molecule has 0 spiro atoms. The molecule has 0 bridgehead atoms. The Balaban J connectivity index is 2.24. The molecule has 0 aliphatic carbocycles. The van der Waals surface area contributed by atoms with Gasteiger partial charge < -0.3 is 10.1 Å². The highest BCUT2D eigenvalue weighted by molar-refractivity contribution is 6.34. The van der Waals surface area contributed by atoms with E-state index in [0.717, 1.165) is 16.6 Å². The number of anilines is 1. The number of ether oxygens (including phenoxy) is 1. The third kappa shape index (κ3) is 3.33. The van der Waals surface area contributed by atoms with Crippen molar-refractivity contribution in [2.75, 3.05) is 18.5 Å². The second-order valence-electron chi connectivity index (χ2n) is 4.93. The van der Waals surface area contributed by atoms with Crippen LogP contribution in [0.4, 0.5) is 5.82 Å². The molecule has 0 radical (unpaired) electrons. The normalized spacial score (nSPS) is 11.8. The van der Waals surface area contributed by atoms with Gasteiger partial charge in [0.25, 0.3) is 0 Å². The van der Waals surface area contributed by atoms with Crippen molar-refractivity contribution in [3.05, 3.63) is 29.4 Å². The van der Waals surface area contributed by atoms with Crippen molar-refractivity contribution in [1.82, 2.24) is 10.2 Å². The van der Waals surface area contributed by atoms with Gasteiger partial charge in [-0.25, -0.2) is 0 Å². The molecule has 1 heterocycles. The molecule has 1 aromatic carbocycles. The van der Waals surface area contributed by atoms with Crippen LogP contribution in [0.1, 0.15) is 20.8 Å². The van der Waals surface area contributed by atoms with Crippen molar-refractivity contribution >= 4 is 28.2 Å². The second-order valence-corrected chi connectivity index (χ2v) is 5.29. The van der Waals surface area contributed by atoms with Crippen LogP contribution in [0.2, 0.25) is 5.15 Å². The van der Waals surface area contributed by atoms with E-state index in [1.165, 1.54) is 0 Å². The molecule has 2 aromatic rings. The van der Waals surface area contributed by atoms with Gasteiger partial charge >= 0.3 is 0 Å². The highest BCUT2D eigenvalue weighted by atomic mass is 35.5. The third-order valence-electron chi connectivity index (χ3n) is 2.86. The molecular weight excluding hydrogens is 262 g/mol. The van der Waals surface area contributed by atoms with E-state index < -0.39 is 0 Å². The molecule has 0 saturated heterocycles. The molecule has 0 atom stereocenters. The minimum absolute atomic E-state index is 0.253. The van der Waals surface area contributed by atoms with Crippen LogP contribution < -0.4 is 5.32 Å². The summed E-state index contributed by atoms with van der Waals surface area (Å²) in [7, 11) is 0. The zero-order valence-corrected chi connectivity index (χ0v) is 12.2. The Bertz CT molecular complexity index is 572. The minimum Gasteiger partial charge on any atom is -0.374 e. The van der Waals surface area contributed by atoms with Gasteiger partial charge in [0, 0.05) is 23.9 Å². The molecule has 0 aliphatic heterocycles. The van der Waals surface area contributed by atoms with Gasteiger partial charge in [0.2, 0.25) is 0 Å². The third-order valence-corrected chi connectivity index (χ3v) is 3.14. The maximum absolute atomic E-state index is 6.04. The first-order valence-electron chi connectivity index (χ1n) is 6.32. The van der Waals surface area contributed by atoms with Gasteiger partial charge in [-0.15, -0.1) is 10.2 Å². The maximum Gasteiger partial charge on any atom is 0.159 e. The van der Waals surface area contributed by atoms with Gasteiger partial charge in [0.05, 0.1) is 5.60 Å². The fourth-order valence-corrected chi connectivity index (χ4v) is 2.14. The van der Waals surface area contributed by atoms with E-state index in [-0.39, 0.29) is 5.60 Å². The van der Waals surface area contributed by atoms with Crippen molar-refractivity contribution < 1.29 is 4.74 Å². The Hall–Kier alpha value is -1.39. The average Bonchev–Trinajstić information content (AvgIpc) is 2.38. The SMILES string of the molecule is CCOC(C)(C)CNc1nnc(Cl)c2ccccc12. The Morgan fingerprint density at radius 1 is 1.21 bits per heavy atom. The molecule has 19 heavy (non-hydrogen) atoms. The number of aromatic nitrogens is 2. The summed E-state index contributed by atoms with van der Waals surface area (Å²) < 4.78 is 5.65. The Labute approximate surface area is 118 Å². The van der Waals surface area contributed by atoms with Crippen molar-refractivity contribution in [3.63, 3.8) is 0 Å². The molecule has 0 fully saturated rings. The van der Waals surface area contributed by atoms with E-state index in [4.69, 9.17) is 16.3 Å². The molecule has 1 aromatic heterocycles. The van der Waals surface area contributed by atoms with Crippen LogP contribution in [0.3, 0.4) is 0 Å². The van der Waals surface area contributed by atoms with Crippen LogP contribution in [0.15, 0.2) is 24.3 Å². The second kappa shape index (κ2) is 5.72. The fourth-order valence-electron chi connectivity index (χ4n) is 1.94. The van der Waals surface area contributed by atoms with Crippen molar-refractivity contribution in [1.29, 1.82) is 0 Å². The lowest BCUT2D eigenvalue weighted by Gasteiger charge is -2.25. The number of hydrogen-bond donors (Lipinski definition) is 1. The first-order chi connectivity index (χ1) is 9.03. The summed E-state index contributed by atoms with van der Waals surface area (Å²) in [6.45, 7) is 7.40. The first kappa shape index (κ1) is 14.0. The van der Waals surface area contributed by atoms with Gasteiger partial charge in [0.1, 0.15) is 0 Å². The lowest BCUT2D eigenvalue weighted by Crippen LogP contribution is -2.33. The van der Waals surface area contributed by atoms with Crippen molar-refractivity contribution in [2.45, 2.75) is 26.4 Å². The highest BCUT2D eigenvalue weighted by Crippen LogP contribution is 2.26. The number of rotatable bonds is 5. The van der Waals surface area contributed by atoms with Gasteiger partial charge in [-0.2, -0.15) is 0 Å². The quantitative estimate of drug-likeness (QED) is 0.910. The van der Waals surface area contributed by atoms with Gasteiger partial charge in [-0.1, -0.05) is 35.9 Å². The summed E-state index contributed by atoms with van der Waals surface area (Å²) in [5.74, 6) is 0.729. The molecular formula is C14H18ClN3O. The van der Waals surface area contributed by atoms with Crippen LogP contribution in [0, 0.1) is 0 Å². The van der Waals surface area contributed by atoms with E-state index in [0.29, 0.717) is 18.3 Å². The van der Waals surface area contributed by atoms with Crippen LogP contribution in [-0.4, -0.2) is 29.0 Å². The monoisotopic (exact) mass is 279 g/mol. The number of benzene rings is 1. The zero-order valence-electron chi connectivity index (χ0n) is 11.4. The Morgan fingerprint density at radius 2 is 1.89 bits per heavy atom. The van der Waals surface area contributed by atoms with Crippen LogP contribution in [0.25, 0.3) is 10.8 Å². The number of fused-ring (bicyclic) bond motifs is 1. The summed E-state index contributed by atoms with van der Waals surface area (Å²) in [5, 5.41) is 13.7. The van der Waals surface area contributed by atoms with E-state index in [1.807, 2.05) is 45.0 Å². The van der Waals surface area contributed by atoms with Crippen LogP contribution >= 0.6 is 11.6 Å². The average molecular weight is 280 g/mol. The molecule has 102 valence electrons. The summed E-state index contributed by atoms with van der Waals surface area (Å²) in [6, 6.07) is 7.81. The molecule has 0 amide bonds. The fraction of sp³-hybridized carbons (Fsp3) is 0.429. The maximum atomic E-state index is 6.04.